The maximum absolute atomic E-state index is 12.5. The number of nitrogens with one attached hydrogen (secondary N) is 1. The van der Waals surface area contributed by atoms with Crippen LogP contribution in [0.3, 0.4) is 0 Å². The lowest BCUT2D eigenvalue weighted by Gasteiger charge is -2.25. The molecule has 6 heteroatoms. The summed E-state index contributed by atoms with van der Waals surface area (Å²) in [4.78, 5) is 26.7. The predicted molar refractivity (Wildman–Crippen MR) is 86.1 cm³/mol. The molecule has 1 aliphatic heterocycles. The second-order valence-electron chi connectivity index (χ2n) is 5.65. The molecule has 0 radical (unpaired) electrons. The molecule has 1 atom stereocenters. The number of amides is 2. The van der Waals surface area contributed by atoms with Gasteiger partial charge in [0.1, 0.15) is 6.04 Å². The Hall–Kier alpha value is -1.01. The van der Waals surface area contributed by atoms with Crippen LogP contribution in [-0.4, -0.2) is 34.4 Å². The van der Waals surface area contributed by atoms with Gasteiger partial charge in [0.05, 0.1) is 5.88 Å². The molecular weight excluding hydrogens is 304 g/mol. The predicted octanol–water partition coefficient (Wildman–Crippen LogP) is 2.46. The van der Waals surface area contributed by atoms with E-state index in [4.69, 9.17) is 0 Å². The zero-order valence-electron chi connectivity index (χ0n) is 11.9. The molecule has 1 unspecified atom stereocenters. The zero-order valence-corrected chi connectivity index (χ0v) is 13.5. The van der Waals surface area contributed by atoms with Crippen molar-refractivity contribution in [1.82, 2.24) is 10.2 Å². The van der Waals surface area contributed by atoms with E-state index >= 15 is 0 Å². The molecule has 1 N–H and O–H groups in total. The first-order valence-electron chi connectivity index (χ1n) is 7.42. The first kappa shape index (κ1) is 14.9. The lowest BCUT2D eigenvalue weighted by molar-refractivity contribution is -0.141. The van der Waals surface area contributed by atoms with Gasteiger partial charge in [-0.25, -0.2) is 0 Å². The lowest BCUT2D eigenvalue weighted by atomic mass is 10.1. The second kappa shape index (κ2) is 6.83. The van der Waals surface area contributed by atoms with Crippen molar-refractivity contribution in [3.63, 3.8) is 0 Å². The molecule has 2 heterocycles. The first-order valence-corrected chi connectivity index (χ1v) is 9.52. The first-order chi connectivity index (χ1) is 10.3. The van der Waals surface area contributed by atoms with Crippen LogP contribution in [0.15, 0.2) is 16.8 Å². The highest BCUT2D eigenvalue weighted by atomic mass is 32.2. The molecule has 0 bridgehead atoms. The van der Waals surface area contributed by atoms with Crippen LogP contribution in [0.1, 0.15) is 31.2 Å². The summed E-state index contributed by atoms with van der Waals surface area (Å²) >= 11 is 3.30. The van der Waals surface area contributed by atoms with Gasteiger partial charge in [-0.1, -0.05) is 12.8 Å². The minimum absolute atomic E-state index is 0.0162. The van der Waals surface area contributed by atoms with E-state index in [1.807, 2.05) is 16.8 Å². The molecule has 1 saturated heterocycles. The Kier molecular flexibility index (Phi) is 4.85. The van der Waals surface area contributed by atoms with E-state index in [2.05, 4.69) is 5.32 Å². The third-order valence-electron chi connectivity index (χ3n) is 4.22. The molecule has 0 spiro atoms. The number of thioether (sulfide) groups is 1. The summed E-state index contributed by atoms with van der Waals surface area (Å²) in [5, 5.41) is 7.00. The summed E-state index contributed by atoms with van der Waals surface area (Å²) in [5.41, 5.74) is 1.12. The maximum atomic E-state index is 12.5. The van der Waals surface area contributed by atoms with Gasteiger partial charge in [-0.3, -0.25) is 9.59 Å². The summed E-state index contributed by atoms with van der Waals surface area (Å²) in [6, 6.07) is 1.72. The number of thiophene rings is 1. The van der Waals surface area contributed by atoms with Crippen LogP contribution < -0.4 is 5.32 Å². The van der Waals surface area contributed by atoms with Crippen LogP contribution in [0.5, 0.6) is 0 Å². The minimum atomic E-state index is -0.290. The van der Waals surface area contributed by atoms with E-state index in [1.165, 1.54) is 0 Å². The van der Waals surface area contributed by atoms with Gasteiger partial charge in [-0.05, 0) is 35.2 Å². The number of nitrogens with zero attached hydrogens (tertiary/aromatic N) is 1. The smallest absolute Gasteiger partial charge is 0.243 e. The Morgan fingerprint density at radius 3 is 2.86 bits per heavy atom. The molecular formula is C15H20N2O2S2. The van der Waals surface area contributed by atoms with Crippen molar-refractivity contribution in [3.8, 4) is 0 Å². The highest BCUT2D eigenvalue weighted by molar-refractivity contribution is 7.99. The third kappa shape index (κ3) is 3.43. The minimum Gasteiger partial charge on any atom is -0.350 e. The molecule has 21 heavy (non-hydrogen) atoms. The van der Waals surface area contributed by atoms with Crippen molar-refractivity contribution in [2.75, 3.05) is 11.6 Å². The SMILES string of the molecule is O=C(NCc1ccsc1)C1CSCN1C(=O)C1CCCC1. The summed E-state index contributed by atoms with van der Waals surface area (Å²) in [5.74, 6) is 1.70. The Morgan fingerprint density at radius 1 is 1.33 bits per heavy atom. The molecule has 4 nitrogen and oxygen atoms in total. The average Bonchev–Trinajstić information content (AvgIpc) is 3.26. The van der Waals surface area contributed by atoms with Gasteiger partial charge in [-0.15, -0.1) is 11.8 Å². The van der Waals surface area contributed by atoms with Gasteiger partial charge in [-0.2, -0.15) is 11.3 Å². The molecule has 1 aromatic heterocycles. The molecule has 3 rings (SSSR count). The molecule has 0 aromatic carbocycles. The van der Waals surface area contributed by atoms with Crippen LogP contribution in [0.2, 0.25) is 0 Å². The van der Waals surface area contributed by atoms with Crippen LogP contribution in [-0.2, 0) is 16.1 Å². The van der Waals surface area contributed by atoms with Crippen molar-refractivity contribution in [3.05, 3.63) is 22.4 Å². The second-order valence-corrected chi connectivity index (χ2v) is 7.43. The van der Waals surface area contributed by atoms with Crippen LogP contribution in [0.4, 0.5) is 0 Å². The summed E-state index contributed by atoms with van der Waals surface area (Å²) in [6.07, 6.45) is 4.27. The molecule has 2 fully saturated rings. The van der Waals surface area contributed by atoms with Crippen molar-refractivity contribution < 1.29 is 9.59 Å². The fourth-order valence-corrected chi connectivity index (χ4v) is 4.82. The van der Waals surface area contributed by atoms with Gasteiger partial charge < -0.3 is 10.2 Å². The highest BCUT2D eigenvalue weighted by Gasteiger charge is 2.38. The fourth-order valence-electron chi connectivity index (χ4n) is 2.98. The number of carbonyl (C=O) groups excluding carboxylic acids is 2. The van der Waals surface area contributed by atoms with Crippen molar-refractivity contribution >= 4 is 34.9 Å². The Labute approximate surface area is 133 Å². The number of rotatable bonds is 4. The number of carbonyl (C=O) groups is 2. The topological polar surface area (TPSA) is 49.4 Å². The van der Waals surface area contributed by atoms with Gasteiger partial charge >= 0.3 is 0 Å². The van der Waals surface area contributed by atoms with E-state index in [9.17, 15) is 9.59 Å². The van der Waals surface area contributed by atoms with Crippen LogP contribution >= 0.6 is 23.1 Å². The molecule has 114 valence electrons. The largest absolute Gasteiger partial charge is 0.350 e. The molecule has 1 saturated carbocycles. The van der Waals surface area contributed by atoms with Gasteiger partial charge in [0, 0.05) is 18.2 Å². The Morgan fingerprint density at radius 2 is 2.14 bits per heavy atom. The fraction of sp³-hybridized carbons (Fsp3) is 0.600. The van der Waals surface area contributed by atoms with Crippen LogP contribution in [0, 0.1) is 5.92 Å². The third-order valence-corrected chi connectivity index (χ3v) is 5.96. The summed E-state index contributed by atoms with van der Waals surface area (Å²) in [7, 11) is 0. The highest BCUT2D eigenvalue weighted by Crippen LogP contribution is 2.30. The maximum Gasteiger partial charge on any atom is 0.243 e. The number of hydrogen-bond acceptors (Lipinski definition) is 4. The Balaban J connectivity index is 1.57. The van der Waals surface area contributed by atoms with Crippen LogP contribution in [0.25, 0.3) is 0 Å². The summed E-state index contributed by atoms with van der Waals surface area (Å²) < 4.78 is 0. The van der Waals surface area contributed by atoms with Crippen molar-refractivity contribution in [2.45, 2.75) is 38.3 Å². The Bertz CT molecular complexity index is 498. The number of hydrogen-bond donors (Lipinski definition) is 1. The van der Waals surface area contributed by atoms with E-state index in [1.54, 1.807) is 28.0 Å². The van der Waals surface area contributed by atoms with E-state index in [0.29, 0.717) is 18.2 Å². The van der Waals surface area contributed by atoms with Crippen molar-refractivity contribution in [2.24, 2.45) is 5.92 Å². The van der Waals surface area contributed by atoms with Gasteiger partial charge in [0.25, 0.3) is 0 Å². The molecule has 1 aromatic rings. The van der Waals surface area contributed by atoms with E-state index in [-0.39, 0.29) is 23.8 Å². The van der Waals surface area contributed by atoms with E-state index < -0.39 is 0 Å². The van der Waals surface area contributed by atoms with E-state index in [0.717, 1.165) is 31.2 Å². The van der Waals surface area contributed by atoms with Gasteiger partial charge in [0.2, 0.25) is 11.8 Å². The average molecular weight is 324 g/mol. The molecule has 2 aliphatic rings. The van der Waals surface area contributed by atoms with Gasteiger partial charge in [0.15, 0.2) is 0 Å². The zero-order chi connectivity index (χ0) is 14.7. The monoisotopic (exact) mass is 324 g/mol. The quantitative estimate of drug-likeness (QED) is 0.925. The molecule has 1 aliphatic carbocycles. The van der Waals surface area contributed by atoms with Crippen molar-refractivity contribution in [1.29, 1.82) is 0 Å². The summed E-state index contributed by atoms with van der Waals surface area (Å²) in [6.45, 7) is 0.551. The normalized spacial score (nSPS) is 22.7. The lowest BCUT2D eigenvalue weighted by Crippen LogP contribution is -2.48. The standard InChI is InChI=1S/C15H20N2O2S2/c18-14(16-7-11-5-6-20-8-11)13-9-21-10-17(13)15(19)12-3-1-2-4-12/h5-6,8,12-13H,1-4,7,9-10H2,(H,16,18). The molecule has 2 amide bonds.